The van der Waals surface area contributed by atoms with Gasteiger partial charge in [-0.25, -0.2) is 8.42 Å². The second kappa shape index (κ2) is 10.4. The number of amides is 2. The molecule has 0 aromatic heterocycles. The summed E-state index contributed by atoms with van der Waals surface area (Å²) >= 11 is 0. The predicted molar refractivity (Wildman–Crippen MR) is 139 cm³/mol. The van der Waals surface area contributed by atoms with E-state index in [1.165, 1.54) is 36.7 Å². The first-order chi connectivity index (χ1) is 17.3. The van der Waals surface area contributed by atoms with Crippen molar-refractivity contribution in [3.05, 3.63) is 23.8 Å². The molecule has 4 heterocycles. The summed E-state index contributed by atoms with van der Waals surface area (Å²) in [5.41, 5.74) is 1.71. The number of anilines is 1. The second-order valence-corrected chi connectivity index (χ2v) is 13.0. The van der Waals surface area contributed by atoms with Gasteiger partial charge in [-0.1, -0.05) is 6.42 Å². The number of rotatable bonds is 4. The summed E-state index contributed by atoms with van der Waals surface area (Å²) in [7, 11) is -3.63. The molecule has 0 saturated carbocycles. The zero-order valence-corrected chi connectivity index (χ0v) is 22.5. The first kappa shape index (κ1) is 25.7. The third-order valence-corrected chi connectivity index (χ3v) is 10.6. The Morgan fingerprint density at radius 3 is 2.19 bits per heavy atom. The van der Waals surface area contributed by atoms with Gasteiger partial charge in [0.2, 0.25) is 21.8 Å². The maximum absolute atomic E-state index is 13.4. The van der Waals surface area contributed by atoms with Crippen LogP contribution in [-0.4, -0.2) is 85.7 Å². The molecular weight excluding hydrogens is 476 g/mol. The van der Waals surface area contributed by atoms with Crippen LogP contribution < -0.4 is 4.90 Å². The summed E-state index contributed by atoms with van der Waals surface area (Å²) in [6.45, 7) is 8.30. The van der Waals surface area contributed by atoms with E-state index in [-0.39, 0.29) is 28.7 Å². The molecule has 3 fully saturated rings. The van der Waals surface area contributed by atoms with Gasteiger partial charge in [0.25, 0.3) is 0 Å². The van der Waals surface area contributed by atoms with E-state index in [0.717, 1.165) is 37.2 Å². The average Bonchev–Trinajstić information content (AvgIpc) is 3.24. The lowest BCUT2D eigenvalue weighted by Crippen LogP contribution is -2.50. The lowest BCUT2D eigenvalue weighted by molar-refractivity contribution is -0.138. The highest BCUT2D eigenvalue weighted by atomic mass is 32.2. The van der Waals surface area contributed by atoms with Crippen LogP contribution in [0.1, 0.15) is 64.4 Å². The molecule has 2 amide bonds. The minimum Gasteiger partial charge on any atom is -0.342 e. The number of hydrogen-bond acceptors (Lipinski definition) is 5. The summed E-state index contributed by atoms with van der Waals surface area (Å²) in [6.07, 6.45) is 7.84. The Balaban J connectivity index is 1.16. The fourth-order valence-electron chi connectivity index (χ4n) is 6.73. The molecule has 1 atom stereocenters. The van der Waals surface area contributed by atoms with E-state index in [0.29, 0.717) is 38.4 Å². The second-order valence-electron chi connectivity index (χ2n) is 11.1. The fraction of sp³-hybridized carbons (Fsp3) is 0.704. The van der Waals surface area contributed by atoms with Crippen molar-refractivity contribution in [1.29, 1.82) is 0 Å². The molecule has 0 radical (unpaired) electrons. The quantitative estimate of drug-likeness (QED) is 0.615. The molecule has 4 aliphatic rings. The number of hydrogen-bond donors (Lipinski definition) is 0. The van der Waals surface area contributed by atoms with Crippen molar-refractivity contribution >= 4 is 27.5 Å². The van der Waals surface area contributed by atoms with Crippen molar-refractivity contribution in [3.8, 4) is 0 Å². The minimum atomic E-state index is -3.63. The molecule has 4 aliphatic heterocycles. The minimum absolute atomic E-state index is 0.0284. The standard InChI is InChI=1S/C27H40N4O4S/c1-20-18-23-19-25(6-7-26(23)31(20)21(2)32)36(34,35)30-16-8-22(9-17-30)27(33)29-14-10-24(11-15-29)28-12-4-3-5-13-28/h6-7,19-20,22,24H,3-5,8-18H2,1-2H3/t20-/m0/s1. The smallest absolute Gasteiger partial charge is 0.243 e. The Hall–Kier alpha value is -1.97. The van der Waals surface area contributed by atoms with Crippen LogP contribution in [0.5, 0.6) is 0 Å². The van der Waals surface area contributed by atoms with Gasteiger partial charge in [-0.2, -0.15) is 4.31 Å². The first-order valence-corrected chi connectivity index (χ1v) is 15.2. The molecule has 1 aromatic rings. The van der Waals surface area contributed by atoms with Gasteiger partial charge < -0.3 is 14.7 Å². The highest BCUT2D eigenvalue weighted by Gasteiger charge is 2.37. The van der Waals surface area contributed by atoms with Gasteiger partial charge in [0.05, 0.1) is 4.90 Å². The van der Waals surface area contributed by atoms with Gasteiger partial charge >= 0.3 is 0 Å². The largest absolute Gasteiger partial charge is 0.342 e. The molecule has 8 nitrogen and oxygen atoms in total. The Bertz CT molecular complexity index is 1080. The monoisotopic (exact) mass is 516 g/mol. The van der Waals surface area contributed by atoms with E-state index in [4.69, 9.17) is 0 Å². The van der Waals surface area contributed by atoms with E-state index >= 15 is 0 Å². The van der Waals surface area contributed by atoms with Crippen molar-refractivity contribution < 1.29 is 18.0 Å². The van der Waals surface area contributed by atoms with Gasteiger partial charge in [-0.3, -0.25) is 9.59 Å². The molecule has 3 saturated heterocycles. The van der Waals surface area contributed by atoms with Crippen LogP contribution in [0.25, 0.3) is 0 Å². The maximum Gasteiger partial charge on any atom is 0.243 e. The van der Waals surface area contributed by atoms with Crippen molar-refractivity contribution in [2.45, 2.75) is 82.2 Å². The normalized spacial score (nSPS) is 25.2. The SMILES string of the molecule is CC(=O)N1c2ccc(S(=O)(=O)N3CCC(C(=O)N4CCC(N5CCCCC5)CC4)CC3)cc2C[C@@H]1C. The number of piperidine rings is 3. The third-order valence-electron chi connectivity index (χ3n) is 8.73. The zero-order chi connectivity index (χ0) is 25.4. The number of nitrogens with zero attached hydrogens (tertiary/aromatic N) is 4. The first-order valence-electron chi connectivity index (χ1n) is 13.7. The van der Waals surface area contributed by atoms with Crippen LogP contribution >= 0.6 is 0 Å². The number of fused-ring (bicyclic) bond motifs is 1. The fourth-order valence-corrected chi connectivity index (χ4v) is 8.25. The van der Waals surface area contributed by atoms with Crippen LogP contribution in [0, 0.1) is 5.92 Å². The molecule has 0 N–H and O–H groups in total. The van der Waals surface area contributed by atoms with E-state index in [1.54, 1.807) is 30.0 Å². The summed E-state index contributed by atoms with van der Waals surface area (Å²) in [5.74, 6) is 0.0901. The topological polar surface area (TPSA) is 81.2 Å². The Morgan fingerprint density at radius 2 is 1.56 bits per heavy atom. The van der Waals surface area contributed by atoms with Crippen molar-refractivity contribution in [2.75, 3.05) is 44.2 Å². The van der Waals surface area contributed by atoms with Crippen LogP contribution in [0.3, 0.4) is 0 Å². The summed E-state index contributed by atoms with van der Waals surface area (Å²) in [5, 5.41) is 0. The van der Waals surface area contributed by atoms with Crippen LogP contribution in [0.4, 0.5) is 5.69 Å². The Morgan fingerprint density at radius 1 is 0.889 bits per heavy atom. The molecule has 1 aromatic carbocycles. The highest BCUT2D eigenvalue weighted by molar-refractivity contribution is 7.89. The highest BCUT2D eigenvalue weighted by Crippen LogP contribution is 2.35. The zero-order valence-electron chi connectivity index (χ0n) is 21.7. The van der Waals surface area contributed by atoms with E-state index < -0.39 is 10.0 Å². The van der Waals surface area contributed by atoms with Crippen molar-refractivity contribution in [2.24, 2.45) is 5.92 Å². The summed E-state index contributed by atoms with van der Waals surface area (Å²) in [6, 6.07) is 5.75. The van der Waals surface area contributed by atoms with Gasteiger partial charge in [-0.15, -0.1) is 0 Å². The molecule has 0 unspecified atom stereocenters. The van der Waals surface area contributed by atoms with Crippen LogP contribution in [0.2, 0.25) is 0 Å². The lowest BCUT2D eigenvalue weighted by Gasteiger charge is -2.41. The van der Waals surface area contributed by atoms with Crippen molar-refractivity contribution in [1.82, 2.24) is 14.1 Å². The third kappa shape index (κ3) is 4.94. The molecular formula is C27H40N4O4S. The van der Waals surface area contributed by atoms with Crippen LogP contribution in [0.15, 0.2) is 23.1 Å². The average molecular weight is 517 g/mol. The molecule has 0 bridgehead atoms. The van der Waals surface area contributed by atoms with E-state index in [1.807, 2.05) is 11.8 Å². The van der Waals surface area contributed by atoms with Gasteiger partial charge in [-0.05, 0) is 88.7 Å². The van der Waals surface area contributed by atoms with Gasteiger partial charge in [0.1, 0.15) is 0 Å². The Labute approximate surface area is 215 Å². The summed E-state index contributed by atoms with van der Waals surface area (Å²) in [4.78, 5) is 31.9. The predicted octanol–water partition coefficient (Wildman–Crippen LogP) is 2.86. The maximum atomic E-state index is 13.4. The van der Waals surface area contributed by atoms with Crippen molar-refractivity contribution in [3.63, 3.8) is 0 Å². The Kier molecular flexibility index (Phi) is 7.43. The van der Waals surface area contributed by atoms with E-state index in [2.05, 4.69) is 4.90 Å². The number of carbonyl (C=O) groups excluding carboxylic acids is 2. The number of benzene rings is 1. The number of sulfonamides is 1. The van der Waals surface area contributed by atoms with Crippen LogP contribution in [-0.2, 0) is 26.0 Å². The number of carbonyl (C=O) groups is 2. The molecule has 9 heteroatoms. The number of likely N-dealkylation sites (tertiary alicyclic amines) is 2. The summed E-state index contributed by atoms with van der Waals surface area (Å²) < 4.78 is 28.3. The molecule has 0 aliphatic carbocycles. The molecule has 5 rings (SSSR count). The molecule has 36 heavy (non-hydrogen) atoms. The molecule has 0 spiro atoms. The van der Waals surface area contributed by atoms with E-state index in [9.17, 15) is 18.0 Å². The van der Waals surface area contributed by atoms with Gasteiger partial charge in [0, 0.05) is 56.8 Å². The molecule has 198 valence electrons. The van der Waals surface area contributed by atoms with Gasteiger partial charge in [0.15, 0.2) is 0 Å². The lowest BCUT2D eigenvalue weighted by atomic mass is 9.94.